The molecular formula is C37H54O4. The summed E-state index contributed by atoms with van der Waals surface area (Å²) in [5.41, 5.74) is 5.87. The summed E-state index contributed by atoms with van der Waals surface area (Å²) < 4.78 is 0. The van der Waals surface area contributed by atoms with Crippen molar-refractivity contribution in [3.8, 4) is 11.5 Å². The van der Waals surface area contributed by atoms with E-state index in [1.54, 1.807) is 0 Å². The highest BCUT2D eigenvalue weighted by molar-refractivity contribution is 5.57. The summed E-state index contributed by atoms with van der Waals surface area (Å²) in [7, 11) is 0. The van der Waals surface area contributed by atoms with E-state index in [0.717, 1.165) is 78.3 Å². The minimum absolute atomic E-state index is 0.0740. The zero-order chi connectivity index (χ0) is 29.2. The first kappa shape index (κ1) is 30.4. The van der Waals surface area contributed by atoms with E-state index in [0.29, 0.717) is 36.2 Å². The summed E-state index contributed by atoms with van der Waals surface area (Å²) in [4.78, 5) is 0. The highest BCUT2D eigenvalue weighted by atomic mass is 16.3. The summed E-state index contributed by atoms with van der Waals surface area (Å²) in [6.07, 6.45) is 15.9. The van der Waals surface area contributed by atoms with Crippen molar-refractivity contribution in [3.05, 3.63) is 57.6 Å². The number of hydrogen-bond acceptors (Lipinski definition) is 4. The molecule has 0 bridgehead atoms. The standard InChI is InChI=1S/C37H54O4/c1-25-11-10-12-28(25)33(29-21-26(13-19-38)23-31(34(29)40)36(2)15-6-4-7-16-36)30-22-27(14-20-39)24-32(35(30)41)37(3)17-8-5-9-18-37/h21-25,28,33,38-41H,4-20H2,1-3H3. The predicted octanol–water partition coefficient (Wildman–Crippen LogP) is 8.18. The lowest BCUT2D eigenvalue weighted by Gasteiger charge is -2.38. The average molecular weight is 563 g/mol. The molecular weight excluding hydrogens is 508 g/mol. The maximum absolute atomic E-state index is 12.2. The molecule has 2 aromatic rings. The van der Waals surface area contributed by atoms with Crippen molar-refractivity contribution in [3.63, 3.8) is 0 Å². The van der Waals surface area contributed by atoms with E-state index < -0.39 is 0 Å². The fourth-order valence-corrected chi connectivity index (χ4v) is 8.88. The lowest BCUT2D eigenvalue weighted by atomic mass is 9.66. The van der Waals surface area contributed by atoms with E-state index in [-0.39, 0.29) is 30.0 Å². The normalized spacial score (nSPS) is 24.1. The van der Waals surface area contributed by atoms with Gasteiger partial charge < -0.3 is 20.4 Å². The van der Waals surface area contributed by atoms with Crippen molar-refractivity contribution in [2.75, 3.05) is 13.2 Å². The fraction of sp³-hybridized carbons (Fsp3) is 0.676. The van der Waals surface area contributed by atoms with Crippen molar-refractivity contribution in [2.24, 2.45) is 11.8 Å². The number of phenols is 2. The summed E-state index contributed by atoms with van der Waals surface area (Å²) in [5.74, 6) is 1.45. The second kappa shape index (κ2) is 12.7. The first-order valence-electron chi connectivity index (χ1n) is 16.6. The summed E-state index contributed by atoms with van der Waals surface area (Å²) in [6.45, 7) is 7.10. The Morgan fingerprint density at radius 2 is 1.10 bits per heavy atom. The Kier molecular flexibility index (Phi) is 9.40. The zero-order valence-corrected chi connectivity index (χ0v) is 25.9. The number of hydrogen-bond donors (Lipinski definition) is 4. The van der Waals surface area contributed by atoms with Gasteiger partial charge in [0.25, 0.3) is 0 Å². The molecule has 3 aliphatic carbocycles. The van der Waals surface area contributed by atoms with Gasteiger partial charge >= 0.3 is 0 Å². The minimum atomic E-state index is -0.137. The SMILES string of the molecule is CC1CCCC1C(c1cc(CCO)cc(C2(C)CCCCC2)c1O)c1cc(CCO)cc(C2(C)CCCCC2)c1O. The minimum Gasteiger partial charge on any atom is -0.507 e. The van der Waals surface area contributed by atoms with E-state index in [4.69, 9.17) is 0 Å². The van der Waals surface area contributed by atoms with Crippen molar-refractivity contribution in [2.45, 2.75) is 134 Å². The number of aromatic hydroxyl groups is 2. The van der Waals surface area contributed by atoms with Crippen LogP contribution in [0.3, 0.4) is 0 Å². The zero-order valence-electron chi connectivity index (χ0n) is 25.9. The van der Waals surface area contributed by atoms with Crippen molar-refractivity contribution in [1.82, 2.24) is 0 Å². The van der Waals surface area contributed by atoms with Gasteiger partial charge in [0.15, 0.2) is 0 Å². The van der Waals surface area contributed by atoms with Crippen LogP contribution in [-0.2, 0) is 23.7 Å². The molecule has 226 valence electrons. The molecule has 0 heterocycles. The maximum atomic E-state index is 12.2. The van der Waals surface area contributed by atoms with Crippen LogP contribution in [0, 0.1) is 11.8 Å². The third-order valence-corrected chi connectivity index (χ3v) is 11.4. The topological polar surface area (TPSA) is 80.9 Å². The Hall–Kier alpha value is -2.04. The lowest BCUT2D eigenvalue weighted by molar-refractivity contribution is 0.293. The second-order valence-electron chi connectivity index (χ2n) is 14.4. The van der Waals surface area contributed by atoms with Gasteiger partial charge in [0.05, 0.1) is 0 Å². The number of rotatable bonds is 9. The van der Waals surface area contributed by atoms with Crippen LogP contribution in [-0.4, -0.2) is 33.6 Å². The van der Waals surface area contributed by atoms with Gasteiger partial charge in [-0.1, -0.05) is 96.4 Å². The number of phenolic OH excluding ortho intramolecular Hbond substituents is 2. The van der Waals surface area contributed by atoms with Gasteiger partial charge in [0.1, 0.15) is 11.5 Å². The Labute approximate surface area is 248 Å². The Morgan fingerprint density at radius 1 is 0.659 bits per heavy atom. The van der Waals surface area contributed by atoms with E-state index in [2.05, 4.69) is 45.0 Å². The molecule has 41 heavy (non-hydrogen) atoms. The Balaban J connectivity index is 1.74. The molecule has 0 aromatic heterocycles. The van der Waals surface area contributed by atoms with Gasteiger partial charge in [0.2, 0.25) is 0 Å². The Bertz CT molecular complexity index is 1100. The first-order valence-corrected chi connectivity index (χ1v) is 16.6. The molecule has 4 heteroatoms. The van der Waals surface area contributed by atoms with Gasteiger partial charge in [0, 0.05) is 41.4 Å². The number of aliphatic hydroxyl groups is 2. The van der Waals surface area contributed by atoms with Gasteiger partial charge in [-0.05, 0) is 78.7 Å². The predicted molar refractivity (Wildman–Crippen MR) is 167 cm³/mol. The molecule has 0 amide bonds. The number of aliphatic hydroxyl groups excluding tert-OH is 2. The lowest BCUT2D eigenvalue weighted by Crippen LogP contribution is -2.27. The van der Waals surface area contributed by atoms with Gasteiger partial charge in [-0.2, -0.15) is 0 Å². The molecule has 5 rings (SSSR count). The third-order valence-electron chi connectivity index (χ3n) is 11.4. The molecule has 0 saturated heterocycles. The molecule has 3 saturated carbocycles. The molecule has 0 radical (unpaired) electrons. The molecule has 0 aliphatic heterocycles. The number of benzene rings is 2. The summed E-state index contributed by atoms with van der Waals surface area (Å²) >= 11 is 0. The van der Waals surface area contributed by atoms with Crippen LogP contribution < -0.4 is 0 Å². The van der Waals surface area contributed by atoms with E-state index in [1.165, 1.54) is 38.5 Å². The first-order chi connectivity index (χ1) is 19.7. The van der Waals surface area contributed by atoms with E-state index in [1.807, 2.05) is 0 Å². The van der Waals surface area contributed by atoms with Crippen LogP contribution >= 0.6 is 0 Å². The van der Waals surface area contributed by atoms with Crippen LogP contribution in [0.5, 0.6) is 11.5 Å². The summed E-state index contributed by atoms with van der Waals surface area (Å²) in [6, 6.07) is 8.59. The summed E-state index contributed by atoms with van der Waals surface area (Å²) in [5, 5.41) is 44.4. The molecule has 2 atom stereocenters. The third kappa shape index (κ3) is 6.07. The van der Waals surface area contributed by atoms with Crippen LogP contribution in [0.2, 0.25) is 0 Å². The average Bonchev–Trinajstić information content (AvgIpc) is 3.38. The van der Waals surface area contributed by atoms with Gasteiger partial charge in [-0.25, -0.2) is 0 Å². The van der Waals surface area contributed by atoms with Crippen molar-refractivity contribution >= 4 is 0 Å². The molecule has 0 spiro atoms. The monoisotopic (exact) mass is 562 g/mol. The van der Waals surface area contributed by atoms with Crippen LogP contribution in [0.15, 0.2) is 24.3 Å². The second-order valence-corrected chi connectivity index (χ2v) is 14.4. The molecule has 4 nitrogen and oxygen atoms in total. The molecule has 2 unspecified atom stereocenters. The Morgan fingerprint density at radius 3 is 1.46 bits per heavy atom. The highest BCUT2D eigenvalue weighted by Gasteiger charge is 2.41. The van der Waals surface area contributed by atoms with E-state index in [9.17, 15) is 20.4 Å². The van der Waals surface area contributed by atoms with Crippen LogP contribution in [0.1, 0.15) is 144 Å². The van der Waals surface area contributed by atoms with Crippen molar-refractivity contribution in [1.29, 1.82) is 0 Å². The molecule has 4 N–H and O–H groups in total. The smallest absolute Gasteiger partial charge is 0.123 e. The highest BCUT2D eigenvalue weighted by Crippen LogP contribution is 2.54. The van der Waals surface area contributed by atoms with Crippen molar-refractivity contribution < 1.29 is 20.4 Å². The fourth-order valence-electron chi connectivity index (χ4n) is 8.88. The van der Waals surface area contributed by atoms with E-state index >= 15 is 0 Å². The van der Waals surface area contributed by atoms with Crippen LogP contribution in [0.4, 0.5) is 0 Å². The molecule has 3 aliphatic rings. The largest absolute Gasteiger partial charge is 0.507 e. The van der Waals surface area contributed by atoms with Gasteiger partial charge in [-0.15, -0.1) is 0 Å². The van der Waals surface area contributed by atoms with Crippen LogP contribution in [0.25, 0.3) is 0 Å². The maximum Gasteiger partial charge on any atom is 0.123 e. The molecule has 3 fully saturated rings. The van der Waals surface area contributed by atoms with Gasteiger partial charge in [-0.3, -0.25) is 0 Å². The molecule has 2 aromatic carbocycles. The quantitative estimate of drug-likeness (QED) is 0.248.